The van der Waals surface area contributed by atoms with E-state index in [-0.39, 0.29) is 0 Å². The average Bonchev–Trinajstić information content (AvgIpc) is 3.08. The van der Waals surface area contributed by atoms with Crippen LogP contribution in [0.15, 0.2) is 36.9 Å². The highest BCUT2D eigenvalue weighted by atomic mass is 16.5. The van der Waals surface area contributed by atoms with E-state index in [4.69, 9.17) is 9.47 Å². The standard InChI is InChI=1S/C18H20N6O2/c1-12-10-24(11-20-12)14-5-4-13(8-15(14)25-3)21-18-19-9-16-17(22-18)23(2)6-7-26-16/h4-5,8-11H,6-7H2,1-3H3,(H,19,21,22). The first-order valence-electron chi connectivity index (χ1n) is 8.31. The summed E-state index contributed by atoms with van der Waals surface area (Å²) >= 11 is 0. The molecule has 0 fully saturated rings. The zero-order valence-corrected chi connectivity index (χ0v) is 14.9. The largest absolute Gasteiger partial charge is 0.494 e. The van der Waals surface area contributed by atoms with Crippen molar-refractivity contribution >= 4 is 17.5 Å². The minimum absolute atomic E-state index is 0.509. The van der Waals surface area contributed by atoms with Crippen LogP contribution in [0.3, 0.4) is 0 Å². The molecule has 0 amide bonds. The quantitative estimate of drug-likeness (QED) is 0.773. The summed E-state index contributed by atoms with van der Waals surface area (Å²) < 4.78 is 13.0. The van der Waals surface area contributed by atoms with Gasteiger partial charge in [0.05, 0.1) is 37.6 Å². The number of ether oxygens (including phenoxy) is 2. The lowest BCUT2D eigenvalue weighted by atomic mass is 10.2. The van der Waals surface area contributed by atoms with Gasteiger partial charge in [0.1, 0.15) is 12.4 Å². The van der Waals surface area contributed by atoms with Crippen molar-refractivity contribution in [2.75, 3.05) is 37.5 Å². The summed E-state index contributed by atoms with van der Waals surface area (Å²) in [4.78, 5) is 15.2. The van der Waals surface area contributed by atoms with E-state index in [0.717, 1.165) is 35.2 Å². The Morgan fingerprint density at radius 1 is 1.27 bits per heavy atom. The number of rotatable bonds is 4. The maximum Gasteiger partial charge on any atom is 0.229 e. The second kappa shape index (κ2) is 6.55. The van der Waals surface area contributed by atoms with Crippen molar-refractivity contribution in [1.29, 1.82) is 0 Å². The molecule has 26 heavy (non-hydrogen) atoms. The Bertz CT molecular complexity index is 939. The van der Waals surface area contributed by atoms with Gasteiger partial charge in [0.25, 0.3) is 0 Å². The van der Waals surface area contributed by atoms with E-state index in [0.29, 0.717) is 18.3 Å². The fourth-order valence-corrected chi connectivity index (χ4v) is 2.85. The third-order valence-electron chi connectivity index (χ3n) is 4.21. The number of methoxy groups -OCH3 is 1. The molecule has 1 aliphatic rings. The molecule has 1 N–H and O–H groups in total. The number of nitrogens with zero attached hydrogens (tertiary/aromatic N) is 5. The molecule has 1 aliphatic heterocycles. The average molecular weight is 352 g/mol. The number of anilines is 3. The minimum atomic E-state index is 0.509. The molecule has 1 aromatic carbocycles. The van der Waals surface area contributed by atoms with Crippen molar-refractivity contribution in [3.05, 3.63) is 42.6 Å². The van der Waals surface area contributed by atoms with Crippen LogP contribution in [0.5, 0.6) is 11.5 Å². The number of hydrogen-bond donors (Lipinski definition) is 1. The predicted octanol–water partition coefficient (Wildman–Crippen LogP) is 2.55. The number of aromatic nitrogens is 4. The van der Waals surface area contributed by atoms with Gasteiger partial charge < -0.3 is 24.3 Å². The summed E-state index contributed by atoms with van der Waals surface area (Å²) in [6.07, 6.45) is 5.41. The number of imidazole rings is 1. The van der Waals surface area contributed by atoms with Crippen molar-refractivity contribution in [1.82, 2.24) is 19.5 Å². The first-order valence-corrected chi connectivity index (χ1v) is 8.31. The van der Waals surface area contributed by atoms with E-state index < -0.39 is 0 Å². The van der Waals surface area contributed by atoms with Crippen molar-refractivity contribution < 1.29 is 9.47 Å². The molecule has 0 aliphatic carbocycles. The molecule has 0 bridgehead atoms. The molecule has 0 spiro atoms. The van der Waals surface area contributed by atoms with Gasteiger partial charge in [-0.05, 0) is 19.1 Å². The summed E-state index contributed by atoms with van der Waals surface area (Å²) in [6, 6.07) is 5.83. The number of nitrogens with one attached hydrogen (secondary N) is 1. The Balaban J connectivity index is 1.62. The predicted molar refractivity (Wildman–Crippen MR) is 98.9 cm³/mol. The van der Waals surface area contributed by atoms with Gasteiger partial charge >= 0.3 is 0 Å². The first kappa shape index (κ1) is 16.2. The van der Waals surface area contributed by atoms with Crippen molar-refractivity contribution in [2.45, 2.75) is 6.92 Å². The van der Waals surface area contributed by atoms with Crippen LogP contribution in [0.1, 0.15) is 5.69 Å². The second-order valence-electron chi connectivity index (χ2n) is 6.09. The Kier molecular flexibility index (Phi) is 4.08. The number of benzene rings is 1. The van der Waals surface area contributed by atoms with Gasteiger partial charge in [0, 0.05) is 25.0 Å². The van der Waals surface area contributed by atoms with Gasteiger partial charge in [0.15, 0.2) is 11.6 Å². The van der Waals surface area contributed by atoms with Crippen LogP contribution in [-0.4, -0.2) is 46.8 Å². The lowest BCUT2D eigenvalue weighted by molar-refractivity contribution is 0.307. The van der Waals surface area contributed by atoms with E-state index in [1.807, 2.05) is 42.9 Å². The molecule has 0 unspecified atom stereocenters. The van der Waals surface area contributed by atoms with Crippen LogP contribution in [0, 0.1) is 6.92 Å². The molecule has 2 aromatic heterocycles. The number of likely N-dealkylation sites (N-methyl/N-ethyl adjacent to an activating group) is 1. The third-order valence-corrected chi connectivity index (χ3v) is 4.21. The summed E-state index contributed by atoms with van der Waals surface area (Å²) in [6.45, 7) is 3.40. The van der Waals surface area contributed by atoms with Crippen molar-refractivity contribution in [3.63, 3.8) is 0 Å². The van der Waals surface area contributed by atoms with Gasteiger partial charge in [-0.15, -0.1) is 0 Å². The van der Waals surface area contributed by atoms with E-state index >= 15 is 0 Å². The molecule has 0 atom stereocenters. The lowest BCUT2D eigenvalue weighted by Crippen LogP contribution is -2.30. The lowest BCUT2D eigenvalue weighted by Gasteiger charge is -2.26. The summed E-state index contributed by atoms with van der Waals surface area (Å²) in [5, 5.41) is 3.22. The fourth-order valence-electron chi connectivity index (χ4n) is 2.85. The fraction of sp³-hybridized carbons (Fsp3) is 0.278. The molecule has 0 saturated heterocycles. The maximum absolute atomic E-state index is 5.58. The molecule has 4 rings (SSSR count). The summed E-state index contributed by atoms with van der Waals surface area (Å²) in [7, 11) is 3.64. The monoisotopic (exact) mass is 352 g/mol. The second-order valence-corrected chi connectivity index (χ2v) is 6.09. The Labute approximate surface area is 151 Å². The Morgan fingerprint density at radius 3 is 2.92 bits per heavy atom. The van der Waals surface area contributed by atoms with Gasteiger partial charge in [-0.3, -0.25) is 0 Å². The molecule has 0 radical (unpaired) electrons. The van der Waals surface area contributed by atoms with Crippen LogP contribution in [0.25, 0.3) is 5.69 Å². The SMILES string of the molecule is COc1cc(Nc2ncc3c(n2)N(C)CCO3)ccc1-n1cnc(C)c1. The topological polar surface area (TPSA) is 77.3 Å². The summed E-state index contributed by atoms with van der Waals surface area (Å²) in [5.41, 5.74) is 2.70. The zero-order valence-electron chi connectivity index (χ0n) is 14.9. The van der Waals surface area contributed by atoms with Crippen LogP contribution in [-0.2, 0) is 0 Å². The van der Waals surface area contributed by atoms with Gasteiger partial charge in [0.2, 0.25) is 5.95 Å². The Morgan fingerprint density at radius 2 is 2.15 bits per heavy atom. The number of hydrogen-bond acceptors (Lipinski definition) is 7. The van der Waals surface area contributed by atoms with Crippen LogP contribution < -0.4 is 19.7 Å². The normalized spacial score (nSPS) is 13.1. The molecule has 134 valence electrons. The highest BCUT2D eigenvalue weighted by Crippen LogP contribution is 2.31. The summed E-state index contributed by atoms with van der Waals surface area (Å²) in [5.74, 6) is 2.72. The maximum atomic E-state index is 5.58. The number of aryl methyl sites for hydroxylation is 1. The van der Waals surface area contributed by atoms with Gasteiger partial charge in [-0.2, -0.15) is 4.98 Å². The molecular weight excluding hydrogens is 332 g/mol. The van der Waals surface area contributed by atoms with Gasteiger partial charge in [-0.25, -0.2) is 9.97 Å². The van der Waals surface area contributed by atoms with Crippen molar-refractivity contribution in [2.24, 2.45) is 0 Å². The van der Waals surface area contributed by atoms with Crippen LogP contribution in [0.4, 0.5) is 17.5 Å². The highest BCUT2D eigenvalue weighted by Gasteiger charge is 2.18. The van der Waals surface area contributed by atoms with Gasteiger partial charge in [-0.1, -0.05) is 0 Å². The van der Waals surface area contributed by atoms with E-state index in [9.17, 15) is 0 Å². The van der Waals surface area contributed by atoms with Crippen LogP contribution >= 0.6 is 0 Å². The highest BCUT2D eigenvalue weighted by molar-refractivity contribution is 5.64. The van der Waals surface area contributed by atoms with E-state index in [2.05, 4.69) is 25.2 Å². The van der Waals surface area contributed by atoms with Crippen LogP contribution in [0.2, 0.25) is 0 Å². The molecule has 8 heteroatoms. The van der Waals surface area contributed by atoms with E-state index in [1.54, 1.807) is 19.6 Å². The minimum Gasteiger partial charge on any atom is -0.494 e. The molecule has 8 nitrogen and oxygen atoms in total. The van der Waals surface area contributed by atoms with Crippen molar-refractivity contribution in [3.8, 4) is 17.2 Å². The smallest absolute Gasteiger partial charge is 0.229 e. The third kappa shape index (κ3) is 3.01. The Hall–Kier alpha value is -3.29. The number of fused-ring (bicyclic) bond motifs is 1. The molecule has 3 heterocycles. The molecular formula is C18H20N6O2. The zero-order chi connectivity index (χ0) is 18.1. The molecule has 3 aromatic rings. The molecule has 0 saturated carbocycles. The van der Waals surface area contributed by atoms with E-state index in [1.165, 1.54) is 0 Å². The first-order chi connectivity index (χ1) is 12.6.